The number of hydrogen-bond donors (Lipinski definition) is 2. The van der Waals surface area contributed by atoms with Gasteiger partial charge in [0.2, 0.25) is 0 Å². The maximum Gasteiger partial charge on any atom is 0.165 e. The number of nitrogen functional groups attached to an aromatic ring is 1. The van der Waals surface area contributed by atoms with Gasteiger partial charge < -0.3 is 11.5 Å². The number of nitrogens with zero attached hydrogens (tertiary/aromatic N) is 3. The zero-order chi connectivity index (χ0) is 13.4. The normalized spacial score (nSPS) is 11.3. The molecule has 96 valence electrons. The molecule has 4 N–H and O–H groups in total. The van der Waals surface area contributed by atoms with Crippen LogP contribution in [0.3, 0.4) is 0 Å². The first-order valence-corrected chi connectivity index (χ1v) is 6.69. The highest BCUT2D eigenvalue weighted by Crippen LogP contribution is 2.24. The van der Waals surface area contributed by atoms with E-state index in [9.17, 15) is 0 Å². The van der Waals surface area contributed by atoms with Crippen molar-refractivity contribution in [3.05, 3.63) is 34.6 Å². The average molecular weight is 318 g/mol. The van der Waals surface area contributed by atoms with Crippen molar-refractivity contribution in [3.8, 4) is 0 Å². The minimum atomic E-state index is 0.447. The molecule has 0 bridgehead atoms. The lowest BCUT2D eigenvalue weighted by Crippen LogP contribution is -2.08. The Labute approximate surface area is 118 Å². The predicted octanol–water partition coefficient (Wildman–Crippen LogP) is 2.02. The van der Waals surface area contributed by atoms with Gasteiger partial charge in [0.05, 0.1) is 10.9 Å². The molecule has 0 aliphatic heterocycles. The lowest BCUT2D eigenvalue weighted by Gasteiger charge is -2.06. The second-order valence-corrected chi connectivity index (χ2v) is 5.18. The van der Waals surface area contributed by atoms with E-state index in [2.05, 4.69) is 30.9 Å². The van der Waals surface area contributed by atoms with Gasteiger partial charge in [-0.1, -0.05) is 15.9 Å². The smallest absolute Gasteiger partial charge is 0.165 e. The molecule has 2 heterocycles. The van der Waals surface area contributed by atoms with Gasteiger partial charge in [-0.15, -0.1) is 0 Å². The Morgan fingerprint density at radius 2 is 1.95 bits per heavy atom. The van der Waals surface area contributed by atoms with Crippen LogP contribution in [-0.4, -0.2) is 21.5 Å². The molecule has 0 fully saturated rings. The van der Waals surface area contributed by atoms with E-state index in [0.717, 1.165) is 20.8 Å². The lowest BCUT2D eigenvalue weighted by molar-refractivity contribution is 0.879. The number of benzene rings is 1. The molecule has 0 spiro atoms. The number of rotatable bonds is 2. The second kappa shape index (κ2) is 4.71. The van der Waals surface area contributed by atoms with Crippen molar-refractivity contribution in [2.24, 2.45) is 5.73 Å². The van der Waals surface area contributed by atoms with Crippen LogP contribution < -0.4 is 11.5 Å². The van der Waals surface area contributed by atoms with E-state index >= 15 is 0 Å². The van der Waals surface area contributed by atoms with Gasteiger partial charge in [-0.25, -0.2) is 15.0 Å². The van der Waals surface area contributed by atoms with Crippen molar-refractivity contribution in [1.29, 1.82) is 0 Å². The SMILES string of the molecule is NCCc1nc(N)c2cc3cc(Br)ccc3nc2n1. The number of hydrogen-bond acceptors (Lipinski definition) is 5. The molecular formula is C13H12BrN5. The number of nitrogens with two attached hydrogens (primary N) is 2. The summed E-state index contributed by atoms with van der Waals surface area (Å²) >= 11 is 3.44. The highest BCUT2D eigenvalue weighted by Gasteiger charge is 2.08. The van der Waals surface area contributed by atoms with E-state index in [1.807, 2.05) is 24.3 Å². The van der Waals surface area contributed by atoms with Gasteiger partial charge in [-0.05, 0) is 30.8 Å². The highest BCUT2D eigenvalue weighted by molar-refractivity contribution is 9.10. The minimum Gasteiger partial charge on any atom is -0.383 e. The first kappa shape index (κ1) is 12.3. The molecule has 0 aliphatic rings. The fourth-order valence-electron chi connectivity index (χ4n) is 2.00. The summed E-state index contributed by atoms with van der Waals surface area (Å²) in [6.07, 6.45) is 0.597. The monoisotopic (exact) mass is 317 g/mol. The zero-order valence-corrected chi connectivity index (χ0v) is 11.7. The van der Waals surface area contributed by atoms with E-state index in [0.29, 0.717) is 30.3 Å². The molecule has 0 radical (unpaired) electrons. The summed E-state index contributed by atoms with van der Waals surface area (Å²) in [6.45, 7) is 0.492. The van der Waals surface area contributed by atoms with Gasteiger partial charge >= 0.3 is 0 Å². The molecule has 5 nitrogen and oxygen atoms in total. The molecule has 0 saturated carbocycles. The number of fused-ring (bicyclic) bond motifs is 2. The average Bonchev–Trinajstić information content (AvgIpc) is 2.37. The number of anilines is 1. The molecule has 6 heteroatoms. The van der Waals surface area contributed by atoms with Crippen molar-refractivity contribution in [2.45, 2.75) is 6.42 Å². The maximum absolute atomic E-state index is 5.97. The molecule has 0 amide bonds. The van der Waals surface area contributed by atoms with E-state index in [4.69, 9.17) is 11.5 Å². The van der Waals surface area contributed by atoms with Crippen LogP contribution in [-0.2, 0) is 6.42 Å². The topological polar surface area (TPSA) is 90.7 Å². The Kier molecular flexibility index (Phi) is 3.04. The summed E-state index contributed by atoms with van der Waals surface area (Å²) in [5, 5.41) is 1.77. The third kappa shape index (κ3) is 2.24. The molecule has 0 saturated heterocycles. The van der Waals surface area contributed by atoms with Crippen LogP contribution in [0.1, 0.15) is 5.82 Å². The summed E-state index contributed by atoms with van der Waals surface area (Å²) in [5.74, 6) is 1.08. The molecule has 1 aromatic carbocycles. The number of aromatic nitrogens is 3. The Morgan fingerprint density at radius 1 is 1.11 bits per heavy atom. The van der Waals surface area contributed by atoms with Crippen LogP contribution in [0.25, 0.3) is 21.9 Å². The van der Waals surface area contributed by atoms with E-state index in [1.165, 1.54) is 0 Å². The molecule has 2 aromatic heterocycles. The molecule has 0 aliphatic carbocycles. The number of halogens is 1. The van der Waals surface area contributed by atoms with Crippen molar-refractivity contribution in [3.63, 3.8) is 0 Å². The fourth-order valence-corrected chi connectivity index (χ4v) is 2.38. The molecule has 3 rings (SSSR count). The van der Waals surface area contributed by atoms with E-state index in [1.54, 1.807) is 0 Å². The molecule has 3 aromatic rings. The van der Waals surface area contributed by atoms with Crippen LogP contribution in [0.5, 0.6) is 0 Å². The predicted molar refractivity (Wildman–Crippen MR) is 79.7 cm³/mol. The standard InChI is InChI=1S/C13H12BrN5/c14-8-1-2-10-7(5-8)6-9-12(16)18-11(3-4-15)19-13(9)17-10/h1-2,5-6H,3-4,15H2,(H2,16,17,18,19). The Hall–Kier alpha value is -1.79. The quantitative estimate of drug-likeness (QED) is 0.706. The van der Waals surface area contributed by atoms with Crippen LogP contribution in [0.15, 0.2) is 28.7 Å². The zero-order valence-electron chi connectivity index (χ0n) is 10.1. The minimum absolute atomic E-state index is 0.447. The summed E-state index contributed by atoms with van der Waals surface area (Å²) in [7, 11) is 0. The van der Waals surface area contributed by atoms with Crippen LogP contribution in [0.2, 0.25) is 0 Å². The van der Waals surface area contributed by atoms with E-state index in [-0.39, 0.29) is 0 Å². The largest absolute Gasteiger partial charge is 0.383 e. The van der Waals surface area contributed by atoms with Gasteiger partial charge in [-0.3, -0.25) is 0 Å². The lowest BCUT2D eigenvalue weighted by atomic mass is 10.2. The highest BCUT2D eigenvalue weighted by atomic mass is 79.9. The van der Waals surface area contributed by atoms with Gasteiger partial charge in [0.25, 0.3) is 0 Å². The summed E-state index contributed by atoms with van der Waals surface area (Å²) in [5.41, 5.74) is 13.0. The van der Waals surface area contributed by atoms with Crippen molar-refractivity contribution in [1.82, 2.24) is 15.0 Å². The van der Waals surface area contributed by atoms with Gasteiger partial charge in [0.15, 0.2) is 5.65 Å². The molecule has 19 heavy (non-hydrogen) atoms. The maximum atomic E-state index is 5.97. The summed E-state index contributed by atoms with van der Waals surface area (Å²) in [4.78, 5) is 13.2. The van der Waals surface area contributed by atoms with Crippen molar-refractivity contribution < 1.29 is 0 Å². The molecule has 0 atom stereocenters. The molecule has 0 unspecified atom stereocenters. The third-order valence-corrected chi connectivity index (χ3v) is 3.38. The first-order valence-electron chi connectivity index (χ1n) is 5.90. The van der Waals surface area contributed by atoms with Gasteiger partial charge in [-0.2, -0.15) is 0 Å². The van der Waals surface area contributed by atoms with Gasteiger partial charge in [0, 0.05) is 16.3 Å². The van der Waals surface area contributed by atoms with Crippen LogP contribution in [0, 0.1) is 0 Å². The Balaban J connectivity index is 2.31. The van der Waals surface area contributed by atoms with Crippen LogP contribution in [0.4, 0.5) is 5.82 Å². The van der Waals surface area contributed by atoms with Crippen molar-refractivity contribution >= 4 is 43.7 Å². The molecular weight excluding hydrogens is 306 g/mol. The van der Waals surface area contributed by atoms with Crippen LogP contribution >= 0.6 is 15.9 Å². The first-order chi connectivity index (χ1) is 9.17. The third-order valence-electron chi connectivity index (χ3n) is 2.89. The summed E-state index contributed by atoms with van der Waals surface area (Å²) in [6, 6.07) is 7.85. The number of pyridine rings is 1. The van der Waals surface area contributed by atoms with Crippen molar-refractivity contribution in [2.75, 3.05) is 12.3 Å². The summed E-state index contributed by atoms with van der Waals surface area (Å²) < 4.78 is 1.00. The second-order valence-electron chi connectivity index (χ2n) is 4.26. The fraction of sp³-hybridized carbons (Fsp3) is 0.154. The Morgan fingerprint density at radius 3 is 2.74 bits per heavy atom. The van der Waals surface area contributed by atoms with Gasteiger partial charge in [0.1, 0.15) is 11.6 Å². The van der Waals surface area contributed by atoms with E-state index < -0.39 is 0 Å². The Bertz CT molecular complexity index is 772.